The minimum Gasteiger partial charge on any atom is -0.480 e. The number of carboxylic acids is 1. The number of fused-ring (bicyclic) bond motifs is 3. The van der Waals surface area contributed by atoms with Crippen LogP contribution in [0.1, 0.15) is 56.2 Å². The van der Waals surface area contributed by atoms with E-state index in [9.17, 15) is 14.7 Å². The molecule has 168 valence electrons. The zero-order valence-electron chi connectivity index (χ0n) is 18.3. The second kappa shape index (κ2) is 8.77. The normalized spacial score (nSPS) is 28.8. The molecule has 2 N–H and O–H groups in total. The molecule has 1 aromatic rings. The summed E-state index contributed by atoms with van der Waals surface area (Å²) in [6.45, 7) is 2.82. The van der Waals surface area contributed by atoms with Crippen molar-refractivity contribution in [1.82, 2.24) is 14.8 Å². The van der Waals surface area contributed by atoms with E-state index in [2.05, 4.69) is 27.2 Å². The third-order valence-corrected chi connectivity index (χ3v) is 7.93. The quantitative estimate of drug-likeness (QED) is 0.753. The molecule has 0 radical (unpaired) electrons. The number of hydrogen-bond donors (Lipinski definition) is 2. The number of aliphatic carboxylic acids is 1. The molecule has 3 fully saturated rings. The summed E-state index contributed by atoms with van der Waals surface area (Å²) < 4.78 is 0. The molecule has 3 atom stereocenters. The van der Waals surface area contributed by atoms with E-state index in [1.165, 1.54) is 17.7 Å². The van der Waals surface area contributed by atoms with Crippen LogP contribution in [-0.4, -0.2) is 70.0 Å². The maximum atomic E-state index is 13.2. The second-order valence-corrected chi connectivity index (χ2v) is 9.93. The molecule has 0 aromatic carbocycles. The van der Waals surface area contributed by atoms with E-state index in [0.29, 0.717) is 11.8 Å². The number of piperidine rings is 2. The molecule has 7 nitrogen and oxygen atoms in total. The topological polar surface area (TPSA) is 85.8 Å². The summed E-state index contributed by atoms with van der Waals surface area (Å²) in [7, 11) is 0. The zero-order valence-corrected chi connectivity index (χ0v) is 18.3. The van der Waals surface area contributed by atoms with Gasteiger partial charge >= 0.3 is 5.97 Å². The number of carbonyl (C=O) groups excluding carboxylic acids is 1. The fraction of sp³-hybridized carbons (Fsp3) is 0.708. The van der Waals surface area contributed by atoms with Crippen LogP contribution in [0.3, 0.4) is 0 Å². The summed E-state index contributed by atoms with van der Waals surface area (Å²) in [4.78, 5) is 33.4. The molecular formula is C24H34N4O3. The minimum absolute atomic E-state index is 0.0764. The first-order valence-corrected chi connectivity index (χ1v) is 12.1. The van der Waals surface area contributed by atoms with Gasteiger partial charge in [-0.2, -0.15) is 0 Å². The Hall–Kier alpha value is -2.15. The standard InChI is InChI=1S/C24H34N4O3/c29-22(30)15-28-20-5-6-21(28)14-18(13-20)24(31)27-10-7-16(8-11-27)12-19-4-3-17-2-1-9-25-23(17)26-19/h3-4,16,18,20-21H,1-2,5-15H2,(H,25,26)(H,29,30)/t18?,20-,21+. The lowest BCUT2D eigenvalue weighted by molar-refractivity contribution is -0.142. The first-order valence-electron chi connectivity index (χ1n) is 12.1. The summed E-state index contributed by atoms with van der Waals surface area (Å²) in [5.41, 5.74) is 2.50. The third kappa shape index (κ3) is 4.43. The van der Waals surface area contributed by atoms with E-state index >= 15 is 0 Å². The lowest BCUT2D eigenvalue weighted by Crippen LogP contribution is -2.50. The van der Waals surface area contributed by atoms with Gasteiger partial charge in [0.25, 0.3) is 0 Å². The van der Waals surface area contributed by atoms with Crippen LogP contribution in [0, 0.1) is 11.8 Å². The third-order valence-electron chi connectivity index (χ3n) is 7.93. The van der Waals surface area contributed by atoms with Crippen LogP contribution >= 0.6 is 0 Å². The number of aromatic nitrogens is 1. The van der Waals surface area contributed by atoms with Gasteiger partial charge in [-0.25, -0.2) is 4.98 Å². The molecule has 0 saturated carbocycles. The predicted octanol–water partition coefficient (Wildman–Crippen LogP) is 2.55. The lowest BCUT2D eigenvalue weighted by atomic mass is 9.87. The van der Waals surface area contributed by atoms with E-state index in [-0.39, 0.29) is 24.5 Å². The van der Waals surface area contributed by atoms with Crippen molar-refractivity contribution in [3.8, 4) is 0 Å². The SMILES string of the molecule is O=C(O)CN1[C@@H]2CC[C@H]1CC(C(=O)N1CCC(Cc3ccc4c(n3)NCCC4)CC1)C2. The predicted molar refractivity (Wildman–Crippen MR) is 118 cm³/mol. The van der Waals surface area contributed by atoms with Crippen molar-refractivity contribution in [2.24, 2.45) is 11.8 Å². The van der Waals surface area contributed by atoms with E-state index in [0.717, 1.165) is 76.8 Å². The number of amides is 1. The molecule has 4 aliphatic rings. The molecule has 0 aliphatic carbocycles. The van der Waals surface area contributed by atoms with Crippen molar-refractivity contribution in [3.05, 3.63) is 23.4 Å². The van der Waals surface area contributed by atoms with Crippen molar-refractivity contribution in [2.75, 3.05) is 31.5 Å². The molecule has 1 aromatic heterocycles. The highest BCUT2D eigenvalue weighted by atomic mass is 16.4. The maximum Gasteiger partial charge on any atom is 0.317 e. The Bertz CT molecular complexity index is 822. The number of nitrogens with zero attached hydrogens (tertiary/aromatic N) is 3. The van der Waals surface area contributed by atoms with Gasteiger partial charge in [0.15, 0.2) is 0 Å². The highest BCUT2D eigenvalue weighted by Gasteiger charge is 2.44. The van der Waals surface area contributed by atoms with Crippen LogP contribution in [0.5, 0.6) is 0 Å². The van der Waals surface area contributed by atoms with Gasteiger partial charge in [-0.15, -0.1) is 0 Å². The number of carbonyl (C=O) groups is 2. The van der Waals surface area contributed by atoms with Gasteiger partial charge in [0.2, 0.25) is 5.91 Å². The first-order chi connectivity index (χ1) is 15.1. The molecule has 2 bridgehead atoms. The van der Waals surface area contributed by atoms with E-state index < -0.39 is 5.97 Å². The van der Waals surface area contributed by atoms with Crippen molar-refractivity contribution in [2.45, 2.75) is 69.9 Å². The molecular weight excluding hydrogens is 392 g/mol. The number of carboxylic acid groups (broad SMARTS) is 1. The number of nitrogens with one attached hydrogen (secondary N) is 1. The van der Waals surface area contributed by atoms with Crippen molar-refractivity contribution in [3.63, 3.8) is 0 Å². The van der Waals surface area contributed by atoms with E-state index in [4.69, 9.17) is 4.98 Å². The van der Waals surface area contributed by atoms with Crippen LogP contribution in [-0.2, 0) is 22.4 Å². The smallest absolute Gasteiger partial charge is 0.317 e. The van der Waals surface area contributed by atoms with Crippen LogP contribution < -0.4 is 5.32 Å². The summed E-state index contributed by atoms with van der Waals surface area (Å²) in [6, 6.07) is 4.95. The Morgan fingerprint density at radius 3 is 2.55 bits per heavy atom. The van der Waals surface area contributed by atoms with Crippen LogP contribution in [0.25, 0.3) is 0 Å². The van der Waals surface area contributed by atoms with E-state index in [1.54, 1.807) is 0 Å². The number of pyridine rings is 1. The zero-order chi connectivity index (χ0) is 21.4. The van der Waals surface area contributed by atoms with E-state index in [1.807, 2.05) is 0 Å². The molecule has 5 rings (SSSR count). The monoisotopic (exact) mass is 426 g/mol. The minimum atomic E-state index is -0.757. The summed E-state index contributed by atoms with van der Waals surface area (Å²) in [6.07, 6.45) is 9.11. The van der Waals surface area contributed by atoms with Gasteiger partial charge in [0.05, 0.1) is 6.54 Å². The highest BCUT2D eigenvalue weighted by molar-refractivity contribution is 5.79. The van der Waals surface area contributed by atoms with Gasteiger partial charge in [-0.05, 0) is 75.3 Å². The van der Waals surface area contributed by atoms with Gasteiger partial charge < -0.3 is 15.3 Å². The number of hydrogen-bond acceptors (Lipinski definition) is 5. The van der Waals surface area contributed by atoms with Gasteiger partial charge in [-0.3, -0.25) is 14.5 Å². The fourth-order valence-electron chi connectivity index (χ4n) is 6.28. The summed E-state index contributed by atoms with van der Waals surface area (Å²) >= 11 is 0. The average molecular weight is 427 g/mol. The summed E-state index contributed by atoms with van der Waals surface area (Å²) in [5, 5.41) is 12.6. The van der Waals surface area contributed by atoms with Crippen LogP contribution in [0.15, 0.2) is 12.1 Å². The van der Waals surface area contributed by atoms with Gasteiger partial charge in [0, 0.05) is 43.3 Å². The Balaban J connectivity index is 1.12. The second-order valence-electron chi connectivity index (χ2n) is 9.93. The highest BCUT2D eigenvalue weighted by Crippen LogP contribution is 2.39. The molecule has 31 heavy (non-hydrogen) atoms. The average Bonchev–Trinajstić information content (AvgIpc) is 3.00. The van der Waals surface area contributed by atoms with Crippen molar-refractivity contribution in [1.29, 1.82) is 0 Å². The Kier molecular flexibility index (Phi) is 5.87. The molecule has 1 amide bonds. The molecule has 3 saturated heterocycles. The number of rotatable bonds is 5. The molecule has 7 heteroatoms. The lowest BCUT2D eigenvalue weighted by Gasteiger charge is -2.40. The fourth-order valence-corrected chi connectivity index (χ4v) is 6.28. The number of anilines is 1. The molecule has 1 unspecified atom stereocenters. The molecule has 5 heterocycles. The first kappa shape index (κ1) is 20.7. The Labute approximate surface area is 184 Å². The summed E-state index contributed by atoms with van der Waals surface area (Å²) in [5.74, 6) is 1.29. The van der Waals surface area contributed by atoms with Gasteiger partial charge in [-0.1, -0.05) is 6.07 Å². The molecule has 4 aliphatic heterocycles. The number of likely N-dealkylation sites (tertiary alicyclic amines) is 1. The van der Waals surface area contributed by atoms with Crippen LogP contribution in [0.4, 0.5) is 5.82 Å². The van der Waals surface area contributed by atoms with Crippen molar-refractivity contribution >= 4 is 17.7 Å². The maximum absolute atomic E-state index is 13.2. The Morgan fingerprint density at radius 1 is 1.10 bits per heavy atom. The Morgan fingerprint density at radius 2 is 1.84 bits per heavy atom. The molecule has 0 spiro atoms. The van der Waals surface area contributed by atoms with Crippen molar-refractivity contribution < 1.29 is 14.7 Å². The largest absolute Gasteiger partial charge is 0.480 e. The number of aryl methyl sites for hydroxylation is 1. The van der Waals surface area contributed by atoms with Crippen LogP contribution in [0.2, 0.25) is 0 Å². The van der Waals surface area contributed by atoms with Gasteiger partial charge in [0.1, 0.15) is 5.82 Å².